The van der Waals surface area contributed by atoms with Crippen LogP contribution in [0.25, 0.3) is 0 Å². The third-order valence-electron chi connectivity index (χ3n) is 2.03. The van der Waals surface area contributed by atoms with Crippen LogP contribution < -0.4 is 5.73 Å². The van der Waals surface area contributed by atoms with Crippen molar-refractivity contribution >= 4 is 23.3 Å². The largest absolute Gasteiger partial charge is 0.500 e. The molecule has 0 saturated carbocycles. The first kappa shape index (κ1) is 16.8. The summed E-state index contributed by atoms with van der Waals surface area (Å²) in [5.74, 6) is -1.27. The molecule has 0 aliphatic rings. The fourth-order valence-electron chi connectivity index (χ4n) is 0.915. The molecule has 0 fully saturated rings. The van der Waals surface area contributed by atoms with E-state index in [1.807, 2.05) is 25.1 Å². The van der Waals surface area contributed by atoms with Crippen LogP contribution in [0.1, 0.15) is 12.5 Å². The van der Waals surface area contributed by atoms with Crippen molar-refractivity contribution in [2.24, 2.45) is 0 Å². The van der Waals surface area contributed by atoms with Gasteiger partial charge in [0.25, 0.3) is 0 Å². The molecule has 6 heteroatoms. The number of rotatable bonds is 3. The molecule has 0 aromatic heterocycles. The second-order valence-corrected chi connectivity index (χ2v) is 3.77. The van der Waals surface area contributed by atoms with Gasteiger partial charge >= 0.3 is 5.97 Å². The van der Waals surface area contributed by atoms with Crippen LogP contribution in [-0.4, -0.2) is 17.7 Å². The number of nitrogens with two attached hydrogens (primary N) is 1. The maximum absolute atomic E-state index is 10.1. The van der Waals surface area contributed by atoms with Crippen molar-refractivity contribution < 1.29 is 14.6 Å². The van der Waals surface area contributed by atoms with Crippen molar-refractivity contribution in [3.8, 4) is 6.07 Å². The van der Waals surface area contributed by atoms with E-state index in [0.717, 1.165) is 22.5 Å². The van der Waals surface area contributed by atoms with Crippen LogP contribution in [0.3, 0.4) is 0 Å². The molecule has 0 amide bonds. The zero-order valence-electron chi connectivity index (χ0n) is 10.7. The first-order valence-corrected chi connectivity index (χ1v) is 5.77. The summed E-state index contributed by atoms with van der Waals surface area (Å²) in [6.07, 6.45) is 0.933. The van der Waals surface area contributed by atoms with Gasteiger partial charge in [0, 0.05) is 10.7 Å². The number of aliphatic carboxylic acids is 1. The second-order valence-electron chi connectivity index (χ2n) is 3.36. The Kier molecular flexibility index (Phi) is 7.82. The first-order valence-electron chi connectivity index (χ1n) is 5.39. The lowest BCUT2D eigenvalue weighted by atomic mass is 10.2. The number of nitriles is 1. The maximum Gasteiger partial charge on any atom is 0.349 e. The predicted octanol–water partition coefficient (Wildman–Crippen LogP) is 2.75. The van der Waals surface area contributed by atoms with E-state index in [0.29, 0.717) is 6.61 Å². The topological polar surface area (TPSA) is 96.3 Å². The number of ether oxygens (including phenoxy) is 1. The SMILES string of the molecule is CCOC=C(C#N)C(=O)O.Cc1c(N)cccc1Cl. The van der Waals surface area contributed by atoms with E-state index in [-0.39, 0.29) is 5.57 Å². The maximum atomic E-state index is 10.1. The number of halogens is 1. The van der Waals surface area contributed by atoms with Crippen LogP contribution in [0, 0.1) is 18.3 Å². The molecule has 1 rings (SSSR count). The van der Waals surface area contributed by atoms with E-state index in [4.69, 9.17) is 27.7 Å². The van der Waals surface area contributed by atoms with Gasteiger partial charge in [-0.05, 0) is 31.5 Å². The Hall–Kier alpha value is -2.19. The lowest BCUT2D eigenvalue weighted by Crippen LogP contribution is -1.98. The van der Waals surface area contributed by atoms with Gasteiger partial charge in [-0.25, -0.2) is 4.79 Å². The molecule has 19 heavy (non-hydrogen) atoms. The fraction of sp³-hybridized carbons (Fsp3) is 0.231. The van der Waals surface area contributed by atoms with Gasteiger partial charge in [-0.1, -0.05) is 17.7 Å². The zero-order chi connectivity index (χ0) is 14.8. The normalized spacial score (nSPS) is 9.89. The minimum absolute atomic E-state index is 0.360. The Morgan fingerprint density at radius 3 is 2.63 bits per heavy atom. The van der Waals surface area contributed by atoms with E-state index in [1.165, 1.54) is 6.07 Å². The summed E-state index contributed by atoms with van der Waals surface area (Å²) in [4.78, 5) is 10.1. The minimum Gasteiger partial charge on any atom is -0.500 e. The van der Waals surface area contributed by atoms with Crippen molar-refractivity contribution in [2.45, 2.75) is 13.8 Å². The summed E-state index contributed by atoms with van der Waals surface area (Å²) >= 11 is 5.73. The van der Waals surface area contributed by atoms with Gasteiger partial charge in [0.2, 0.25) is 0 Å². The molecule has 0 aliphatic carbocycles. The Morgan fingerprint density at radius 1 is 1.63 bits per heavy atom. The van der Waals surface area contributed by atoms with E-state index in [9.17, 15) is 4.79 Å². The van der Waals surface area contributed by atoms with Crippen molar-refractivity contribution in [3.05, 3.63) is 40.6 Å². The highest BCUT2D eigenvalue weighted by Crippen LogP contribution is 2.19. The highest BCUT2D eigenvalue weighted by molar-refractivity contribution is 6.31. The van der Waals surface area contributed by atoms with E-state index in [2.05, 4.69) is 4.74 Å². The van der Waals surface area contributed by atoms with Crippen LogP contribution in [-0.2, 0) is 9.53 Å². The van der Waals surface area contributed by atoms with Crippen molar-refractivity contribution in [3.63, 3.8) is 0 Å². The fourth-order valence-corrected chi connectivity index (χ4v) is 1.10. The molecular formula is C13H15ClN2O3. The number of benzene rings is 1. The number of carbonyl (C=O) groups is 1. The second kappa shape index (κ2) is 8.84. The van der Waals surface area contributed by atoms with Gasteiger partial charge in [0.05, 0.1) is 6.61 Å². The molecule has 3 N–H and O–H groups in total. The molecule has 0 spiro atoms. The molecule has 0 saturated heterocycles. The summed E-state index contributed by atoms with van der Waals surface area (Å²) in [6, 6.07) is 6.97. The molecular weight excluding hydrogens is 268 g/mol. The smallest absolute Gasteiger partial charge is 0.349 e. The number of hydrogen-bond donors (Lipinski definition) is 2. The van der Waals surface area contributed by atoms with Crippen LogP contribution in [0.4, 0.5) is 5.69 Å². The zero-order valence-corrected chi connectivity index (χ0v) is 11.4. The molecule has 0 radical (unpaired) electrons. The average molecular weight is 283 g/mol. The number of hydrogen-bond acceptors (Lipinski definition) is 4. The number of nitrogen functional groups attached to an aromatic ring is 1. The van der Waals surface area contributed by atoms with Gasteiger partial charge < -0.3 is 15.6 Å². The molecule has 0 aliphatic heterocycles. The molecule has 0 unspecified atom stereocenters. The Balaban J connectivity index is 0.000000342. The third kappa shape index (κ3) is 6.34. The quantitative estimate of drug-likeness (QED) is 0.384. The molecule has 0 heterocycles. The summed E-state index contributed by atoms with van der Waals surface area (Å²) in [5, 5.41) is 17.1. The predicted molar refractivity (Wildman–Crippen MR) is 73.6 cm³/mol. The van der Waals surface area contributed by atoms with Crippen LogP contribution in [0.15, 0.2) is 30.0 Å². The lowest BCUT2D eigenvalue weighted by Gasteiger charge is -1.98. The summed E-state index contributed by atoms with van der Waals surface area (Å²) in [7, 11) is 0. The van der Waals surface area contributed by atoms with Gasteiger partial charge in [0.15, 0.2) is 5.57 Å². The van der Waals surface area contributed by atoms with Gasteiger partial charge in [-0.3, -0.25) is 0 Å². The Labute approximate surface area is 116 Å². The average Bonchev–Trinajstić information content (AvgIpc) is 2.37. The van der Waals surface area contributed by atoms with Crippen LogP contribution >= 0.6 is 11.6 Å². The standard InChI is InChI=1S/C7H8ClN.C6H7NO3/c1-5-6(8)3-2-4-7(5)9;1-2-10-4-5(3-7)6(8)9/h2-4H,9H2,1H3;4H,2H2,1H3,(H,8,9). The first-order chi connectivity index (χ1) is 8.93. The molecule has 1 aromatic rings. The highest BCUT2D eigenvalue weighted by Gasteiger charge is 2.04. The summed E-state index contributed by atoms with van der Waals surface area (Å²) < 4.78 is 4.58. The van der Waals surface area contributed by atoms with E-state index < -0.39 is 5.97 Å². The summed E-state index contributed by atoms with van der Waals surface area (Å²) in [5.41, 5.74) is 6.86. The van der Waals surface area contributed by atoms with Crippen LogP contribution in [0.5, 0.6) is 0 Å². The molecule has 5 nitrogen and oxygen atoms in total. The molecule has 0 atom stereocenters. The molecule has 102 valence electrons. The summed E-state index contributed by atoms with van der Waals surface area (Å²) in [6.45, 7) is 3.96. The van der Waals surface area contributed by atoms with Gasteiger partial charge in [0.1, 0.15) is 12.3 Å². The lowest BCUT2D eigenvalue weighted by molar-refractivity contribution is -0.132. The third-order valence-corrected chi connectivity index (χ3v) is 2.44. The van der Waals surface area contributed by atoms with Crippen molar-refractivity contribution in [1.29, 1.82) is 5.26 Å². The number of carboxylic acid groups (broad SMARTS) is 1. The monoisotopic (exact) mass is 282 g/mol. The van der Waals surface area contributed by atoms with Gasteiger partial charge in [-0.2, -0.15) is 5.26 Å². The Morgan fingerprint density at radius 2 is 2.26 bits per heavy atom. The highest BCUT2D eigenvalue weighted by atomic mass is 35.5. The van der Waals surface area contributed by atoms with E-state index in [1.54, 1.807) is 6.92 Å². The molecule has 0 bridgehead atoms. The minimum atomic E-state index is -1.27. The number of anilines is 1. The number of nitrogens with zero attached hydrogens (tertiary/aromatic N) is 1. The number of carboxylic acids is 1. The van der Waals surface area contributed by atoms with Crippen molar-refractivity contribution in [2.75, 3.05) is 12.3 Å². The van der Waals surface area contributed by atoms with Gasteiger partial charge in [-0.15, -0.1) is 0 Å². The Bertz CT molecular complexity index is 487. The van der Waals surface area contributed by atoms with E-state index >= 15 is 0 Å². The molecule has 1 aromatic carbocycles. The van der Waals surface area contributed by atoms with Crippen molar-refractivity contribution in [1.82, 2.24) is 0 Å². The van der Waals surface area contributed by atoms with Crippen LogP contribution in [0.2, 0.25) is 5.02 Å².